The third kappa shape index (κ3) is 1.42. The first kappa shape index (κ1) is 7.84. The van der Waals surface area contributed by atoms with Gasteiger partial charge >= 0.3 is 0 Å². The van der Waals surface area contributed by atoms with Gasteiger partial charge in [-0.1, -0.05) is 0 Å². The lowest BCUT2D eigenvalue weighted by atomic mass is 10.4. The molecule has 1 rings (SSSR count). The minimum Gasteiger partial charge on any atom is -0.490 e. The molecule has 5 heteroatoms. The lowest BCUT2D eigenvalue weighted by molar-refractivity contribution is 0.342. The number of aromatic nitrogens is 1. The molecule has 11 heavy (non-hydrogen) atoms. The van der Waals surface area contributed by atoms with Gasteiger partial charge in [-0.15, -0.1) is 0 Å². The fraction of sp³-hybridized carbons (Fsp3) is 0.167. The van der Waals surface area contributed by atoms with E-state index in [-0.39, 0.29) is 0 Å². The Labute approximate surface area is 60.6 Å². The average Bonchev–Trinajstić information content (AvgIpc) is 1.85. The Hall–Kier alpha value is -1.26. The topological polar surface area (TPSA) is 22.1 Å². The Morgan fingerprint density at radius 1 is 1.36 bits per heavy atom. The standard InChI is InChI=1S/C6H4F3NO/c1-11-5-3(7)2-4(8)10-6(5)9/h2H,1H3. The third-order valence-corrected chi connectivity index (χ3v) is 1.06. The molecule has 0 atom stereocenters. The van der Waals surface area contributed by atoms with Crippen molar-refractivity contribution >= 4 is 0 Å². The Balaban J connectivity index is 3.25. The summed E-state index contributed by atoms with van der Waals surface area (Å²) in [4.78, 5) is 2.71. The van der Waals surface area contributed by atoms with Crippen LogP contribution in [0.15, 0.2) is 6.07 Å². The van der Waals surface area contributed by atoms with E-state index < -0.39 is 23.5 Å². The second-order valence-corrected chi connectivity index (χ2v) is 1.75. The highest BCUT2D eigenvalue weighted by molar-refractivity contribution is 5.20. The van der Waals surface area contributed by atoms with Crippen LogP contribution in [0.2, 0.25) is 0 Å². The zero-order valence-corrected chi connectivity index (χ0v) is 5.57. The van der Waals surface area contributed by atoms with Crippen molar-refractivity contribution in [2.24, 2.45) is 0 Å². The van der Waals surface area contributed by atoms with Crippen LogP contribution < -0.4 is 4.74 Å². The number of rotatable bonds is 1. The molecule has 0 aliphatic heterocycles. The summed E-state index contributed by atoms with van der Waals surface area (Å²) in [6.07, 6.45) is 0. The van der Waals surface area contributed by atoms with E-state index in [4.69, 9.17) is 0 Å². The Morgan fingerprint density at radius 2 is 2.00 bits per heavy atom. The van der Waals surface area contributed by atoms with Gasteiger partial charge in [0.25, 0.3) is 5.95 Å². The van der Waals surface area contributed by atoms with Gasteiger partial charge in [0, 0.05) is 6.07 Å². The summed E-state index contributed by atoms with van der Waals surface area (Å²) in [5, 5.41) is 0. The highest BCUT2D eigenvalue weighted by Gasteiger charge is 2.12. The van der Waals surface area contributed by atoms with E-state index in [0.29, 0.717) is 6.07 Å². The van der Waals surface area contributed by atoms with Gasteiger partial charge in [-0.3, -0.25) is 0 Å². The number of nitrogens with zero attached hydrogens (tertiary/aromatic N) is 1. The molecule has 1 aromatic rings. The van der Waals surface area contributed by atoms with Gasteiger partial charge in [-0.2, -0.15) is 13.8 Å². The van der Waals surface area contributed by atoms with Gasteiger partial charge in [0.2, 0.25) is 11.7 Å². The molecule has 0 amide bonds. The van der Waals surface area contributed by atoms with Gasteiger partial charge < -0.3 is 4.74 Å². The van der Waals surface area contributed by atoms with Gasteiger partial charge in [0.1, 0.15) is 0 Å². The summed E-state index contributed by atoms with van der Waals surface area (Å²) in [5.41, 5.74) is 0. The summed E-state index contributed by atoms with van der Waals surface area (Å²) < 4.78 is 41.2. The first-order valence-corrected chi connectivity index (χ1v) is 2.70. The van der Waals surface area contributed by atoms with Crippen LogP contribution in [0.3, 0.4) is 0 Å². The molecule has 0 unspecified atom stereocenters. The quantitative estimate of drug-likeness (QED) is 0.585. The molecule has 0 bridgehead atoms. The van der Waals surface area contributed by atoms with Crippen molar-refractivity contribution in [2.75, 3.05) is 7.11 Å². The molecule has 2 nitrogen and oxygen atoms in total. The molecule has 0 saturated carbocycles. The molecule has 60 valence electrons. The molecule has 0 aliphatic carbocycles. The van der Waals surface area contributed by atoms with Crippen LogP contribution in [-0.4, -0.2) is 12.1 Å². The molecule has 0 N–H and O–H groups in total. The van der Waals surface area contributed by atoms with Crippen LogP contribution in [0, 0.1) is 17.7 Å². The second kappa shape index (κ2) is 2.77. The smallest absolute Gasteiger partial charge is 0.261 e. The van der Waals surface area contributed by atoms with E-state index >= 15 is 0 Å². The molecule has 0 saturated heterocycles. The van der Waals surface area contributed by atoms with E-state index in [2.05, 4.69) is 9.72 Å². The molecule has 0 aliphatic rings. The number of pyridine rings is 1. The number of hydrogen-bond acceptors (Lipinski definition) is 2. The molecule has 0 spiro atoms. The van der Waals surface area contributed by atoms with Crippen LogP contribution >= 0.6 is 0 Å². The maximum Gasteiger partial charge on any atom is 0.261 e. The molecule has 1 aromatic heterocycles. The minimum absolute atomic E-state index is 0.446. The number of halogens is 3. The van der Waals surface area contributed by atoms with Crippen molar-refractivity contribution in [3.05, 3.63) is 23.8 Å². The first-order chi connectivity index (χ1) is 5.15. The largest absolute Gasteiger partial charge is 0.490 e. The summed E-state index contributed by atoms with van der Waals surface area (Å²) >= 11 is 0. The number of ether oxygens (including phenoxy) is 1. The highest BCUT2D eigenvalue weighted by atomic mass is 19.1. The summed E-state index contributed by atoms with van der Waals surface area (Å²) in [5.74, 6) is -4.27. The Morgan fingerprint density at radius 3 is 2.45 bits per heavy atom. The van der Waals surface area contributed by atoms with Crippen molar-refractivity contribution in [3.8, 4) is 5.75 Å². The van der Waals surface area contributed by atoms with Crippen LogP contribution in [0.5, 0.6) is 5.75 Å². The normalized spacial score (nSPS) is 9.82. The first-order valence-electron chi connectivity index (χ1n) is 2.70. The zero-order valence-electron chi connectivity index (χ0n) is 5.57. The van der Waals surface area contributed by atoms with Crippen LogP contribution in [0.1, 0.15) is 0 Å². The summed E-state index contributed by atoms with van der Waals surface area (Å²) in [7, 11) is 1.07. The van der Waals surface area contributed by atoms with Crippen molar-refractivity contribution < 1.29 is 17.9 Å². The molecule has 1 heterocycles. The van der Waals surface area contributed by atoms with Crippen LogP contribution in [0.4, 0.5) is 13.2 Å². The van der Waals surface area contributed by atoms with E-state index in [9.17, 15) is 13.2 Å². The molecule has 0 aromatic carbocycles. The molecular formula is C6H4F3NO. The van der Waals surface area contributed by atoms with Gasteiger partial charge in [0.15, 0.2) is 5.82 Å². The SMILES string of the molecule is COc1c(F)cc(F)nc1F. The van der Waals surface area contributed by atoms with Crippen LogP contribution in [0.25, 0.3) is 0 Å². The lowest BCUT2D eigenvalue weighted by Gasteiger charge is -2.00. The van der Waals surface area contributed by atoms with Gasteiger partial charge in [-0.25, -0.2) is 4.39 Å². The second-order valence-electron chi connectivity index (χ2n) is 1.75. The van der Waals surface area contributed by atoms with Gasteiger partial charge in [0.05, 0.1) is 7.11 Å². The molecule has 0 radical (unpaired) electrons. The van der Waals surface area contributed by atoms with Crippen molar-refractivity contribution in [3.63, 3.8) is 0 Å². The number of hydrogen-bond donors (Lipinski definition) is 0. The summed E-state index contributed by atoms with van der Waals surface area (Å²) in [6.45, 7) is 0. The van der Waals surface area contributed by atoms with E-state index in [0.717, 1.165) is 7.11 Å². The van der Waals surface area contributed by atoms with Crippen molar-refractivity contribution in [2.45, 2.75) is 0 Å². The highest BCUT2D eigenvalue weighted by Crippen LogP contribution is 2.18. The van der Waals surface area contributed by atoms with E-state index in [1.165, 1.54) is 0 Å². The Kier molecular flexibility index (Phi) is 1.98. The fourth-order valence-electron chi connectivity index (χ4n) is 0.627. The maximum atomic E-state index is 12.5. The van der Waals surface area contributed by atoms with E-state index in [1.54, 1.807) is 0 Å². The van der Waals surface area contributed by atoms with E-state index in [1.807, 2.05) is 0 Å². The fourth-order valence-corrected chi connectivity index (χ4v) is 0.627. The molecule has 0 fully saturated rings. The predicted molar refractivity (Wildman–Crippen MR) is 30.7 cm³/mol. The maximum absolute atomic E-state index is 12.5. The molecular weight excluding hydrogens is 159 g/mol. The number of methoxy groups -OCH3 is 1. The predicted octanol–water partition coefficient (Wildman–Crippen LogP) is 1.51. The van der Waals surface area contributed by atoms with Crippen LogP contribution in [-0.2, 0) is 0 Å². The third-order valence-electron chi connectivity index (χ3n) is 1.06. The Bertz CT molecular complexity index is 254. The van der Waals surface area contributed by atoms with Crippen molar-refractivity contribution in [1.29, 1.82) is 0 Å². The average molecular weight is 163 g/mol. The zero-order chi connectivity index (χ0) is 8.43. The summed E-state index contributed by atoms with van der Waals surface area (Å²) in [6, 6.07) is 0.446. The van der Waals surface area contributed by atoms with Crippen molar-refractivity contribution in [1.82, 2.24) is 4.98 Å². The lowest BCUT2D eigenvalue weighted by Crippen LogP contribution is -1.97. The van der Waals surface area contributed by atoms with Gasteiger partial charge in [-0.05, 0) is 0 Å². The monoisotopic (exact) mass is 163 g/mol. The minimum atomic E-state index is -1.29.